The number of thioether (sulfide) groups is 1. The number of ether oxygens (including phenoxy) is 1. The molecule has 3 aromatic rings. The van der Waals surface area contributed by atoms with Gasteiger partial charge in [0, 0.05) is 17.8 Å². The van der Waals surface area contributed by atoms with Gasteiger partial charge in [0.2, 0.25) is 5.91 Å². The molecule has 0 aliphatic heterocycles. The van der Waals surface area contributed by atoms with Crippen LogP contribution in [0.1, 0.15) is 61.4 Å². The Labute approximate surface area is 204 Å². The minimum absolute atomic E-state index is 0.115. The SMILES string of the molecule is CCn1c(SCC(=O)Nc2ccc(C(C)C)cc2)nnc1C(C)NC(=O)c1ccc(OC)cc1. The lowest BCUT2D eigenvalue weighted by Gasteiger charge is -2.15. The fourth-order valence-corrected chi connectivity index (χ4v) is 4.20. The molecule has 9 heteroatoms. The van der Waals surface area contributed by atoms with Crippen LogP contribution >= 0.6 is 11.8 Å². The number of nitrogens with one attached hydrogen (secondary N) is 2. The number of methoxy groups -OCH3 is 1. The molecule has 0 fully saturated rings. The zero-order chi connectivity index (χ0) is 24.7. The third-order valence-electron chi connectivity index (χ3n) is 5.34. The molecule has 1 aromatic heterocycles. The van der Waals surface area contributed by atoms with E-state index in [4.69, 9.17) is 4.74 Å². The van der Waals surface area contributed by atoms with E-state index in [9.17, 15) is 9.59 Å². The molecule has 0 radical (unpaired) electrons. The van der Waals surface area contributed by atoms with Crippen molar-refractivity contribution in [3.05, 3.63) is 65.5 Å². The second-order valence-corrected chi connectivity index (χ2v) is 9.06. The molecule has 1 unspecified atom stereocenters. The Bertz CT molecular complexity index is 1110. The molecule has 0 spiro atoms. The Morgan fingerprint density at radius 1 is 1.03 bits per heavy atom. The van der Waals surface area contributed by atoms with Gasteiger partial charge in [0.15, 0.2) is 11.0 Å². The number of nitrogens with zero attached hydrogens (tertiary/aromatic N) is 3. The van der Waals surface area contributed by atoms with Crippen molar-refractivity contribution in [1.82, 2.24) is 20.1 Å². The van der Waals surface area contributed by atoms with Crippen molar-refractivity contribution in [2.75, 3.05) is 18.2 Å². The number of amides is 2. The van der Waals surface area contributed by atoms with E-state index in [2.05, 4.69) is 34.7 Å². The van der Waals surface area contributed by atoms with E-state index in [-0.39, 0.29) is 23.6 Å². The van der Waals surface area contributed by atoms with Gasteiger partial charge in [-0.05, 0) is 61.7 Å². The summed E-state index contributed by atoms with van der Waals surface area (Å²) >= 11 is 1.32. The zero-order valence-electron chi connectivity index (χ0n) is 20.2. The van der Waals surface area contributed by atoms with Crippen molar-refractivity contribution in [1.29, 1.82) is 0 Å². The van der Waals surface area contributed by atoms with Crippen molar-refractivity contribution in [3.63, 3.8) is 0 Å². The zero-order valence-corrected chi connectivity index (χ0v) is 21.0. The number of benzene rings is 2. The van der Waals surface area contributed by atoms with E-state index < -0.39 is 0 Å². The first-order chi connectivity index (χ1) is 16.3. The van der Waals surface area contributed by atoms with E-state index >= 15 is 0 Å². The Hall–Kier alpha value is -3.33. The molecule has 2 amide bonds. The molecule has 3 rings (SSSR count). The van der Waals surface area contributed by atoms with Crippen LogP contribution in [0.5, 0.6) is 5.75 Å². The molecule has 2 N–H and O–H groups in total. The molecule has 0 bridgehead atoms. The number of rotatable bonds is 10. The Morgan fingerprint density at radius 3 is 2.29 bits per heavy atom. The summed E-state index contributed by atoms with van der Waals surface area (Å²) in [6, 6.07) is 14.4. The number of anilines is 1. The topological polar surface area (TPSA) is 98.1 Å². The van der Waals surface area contributed by atoms with Crippen molar-refractivity contribution in [2.45, 2.75) is 51.4 Å². The highest BCUT2D eigenvalue weighted by molar-refractivity contribution is 7.99. The lowest BCUT2D eigenvalue weighted by atomic mass is 10.0. The maximum Gasteiger partial charge on any atom is 0.251 e. The van der Waals surface area contributed by atoms with Gasteiger partial charge in [-0.25, -0.2) is 0 Å². The van der Waals surface area contributed by atoms with Gasteiger partial charge in [-0.15, -0.1) is 10.2 Å². The molecule has 1 heterocycles. The summed E-state index contributed by atoms with van der Waals surface area (Å²) in [5, 5.41) is 15.0. The maximum absolute atomic E-state index is 12.6. The minimum Gasteiger partial charge on any atom is -0.497 e. The third kappa shape index (κ3) is 6.38. The van der Waals surface area contributed by atoms with Crippen LogP contribution in [0.3, 0.4) is 0 Å². The first kappa shape index (κ1) is 25.3. The summed E-state index contributed by atoms with van der Waals surface area (Å²) in [5.41, 5.74) is 2.52. The number of carbonyl (C=O) groups excluding carboxylic acids is 2. The van der Waals surface area contributed by atoms with Gasteiger partial charge in [-0.2, -0.15) is 0 Å². The quantitative estimate of drug-likeness (QED) is 0.409. The highest BCUT2D eigenvalue weighted by Gasteiger charge is 2.20. The smallest absolute Gasteiger partial charge is 0.251 e. The molecule has 180 valence electrons. The molecular weight excluding hydrogens is 450 g/mol. The number of aromatic nitrogens is 3. The third-order valence-corrected chi connectivity index (χ3v) is 6.31. The lowest BCUT2D eigenvalue weighted by molar-refractivity contribution is -0.113. The van der Waals surface area contributed by atoms with Crippen LogP contribution in [0, 0.1) is 0 Å². The molecule has 2 aromatic carbocycles. The molecular formula is C25H31N5O3S. The number of hydrogen-bond donors (Lipinski definition) is 2. The fourth-order valence-electron chi connectivity index (χ4n) is 3.39. The monoisotopic (exact) mass is 481 g/mol. The van der Waals surface area contributed by atoms with Crippen LogP contribution in [-0.4, -0.2) is 39.4 Å². The van der Waals surface area contributed by atoms with Crippen molar-refractivity contribution in [3.8, 4) is 5.75 Å². The average molecular weight is 482 g/mol. The molecule has 8 nitrogen and oxygen atoms in total. The van der Waals surface area contributed by atoms with Crippen LogP contribution in [0.25, 0.3) is 0 Å². The van der Waals surface area contributed by atoms with Crippen molar-refractivity contribution < 1.29 is 14.3 Å². The molecule has 1 atom stereocenters. The average Bonchev–Trinajstić information content (AvgIpc) is 3.26. The number of carbonyl (C=O) groups is 2. The summed E-state index contributed by atoms with van der Waals surface area (Å²) in [6.07, 6.45) is 0. The first-order valence-electron chi connectivity index (χ1n) is 11.2. The van der Waals surface area contributed by atoms with Crippen molar-refractivity contribution in [2.24, 2.45) is 0 Å². The first-order valence-corrected chi connectivity index (χ1v) is 12.2. The second kappa shape index (κ2) is 11.7. The minimum atomic E-state index is -0.357. The van der Waals surface area contributed by atoms with E-state index in [1.807, 2.05) is 42.7 Å². The molecule has 0 saturated heterocycles. The van der Waals surface area contributed by atoms with Gasteiger partial charge in [0.05, 0.1) is 18.9 Å². The molecule has 0 aliphatic rings. The predicted octanol–water partition coefficient (Wildman–Crippen LogP) is 4.65. The van der Waals surface area contributed by atoms with E-state index in [0.717, 1.165) is 5.69 Å². The summed E-state index contributed by atoms with van der Waals surface area (Å²) in [6.45, 7) is 8.72. The predicted molar refractivity (Wildman–Crippen MR) is 134 cm³/mol. The van der Waals surface area contributed by atoms with Gasteiger partial charge < -0.3 is 19.9 Å². The Kier molecular flexibility index (Phi) is 8.70. The normalized spacial score (nSPS) is 11.8. The van der Waals surface area contributed by atoms with Crippen molar-refractivity contribution >= 4 is 29.3 Å². The summed E-state index contributed by atoms with van der Waals surface area (Å²) < 4.78 is 7.05. The summed E-state index contributed by atoms with van der Waals surface area (Å²) in [5.74, 6) is 1.65. The Morgan fingerprint density at radius 2 is 1.71 bits per heavy atom. The van der Waals surface area contributed by atoms with Gasteiger partial charge in [0.25, 0.3) is 5.91 Å². The number of hydrogen-bond acceptors (Lipinski definition) is 6. The van der Waals surface area contributed by atoms with Gasteiger partial charge in [0.1, 0.15) is 5.75 Å². The Balaban J connectivity index is 1.59. The van der Waals surface area contributed by atoms with Gasteiger partial charge >= 0.3 is 0 Å². The van der Waals surface area contributed by atoms with Crippen LogP contribution in [0.2, 0.25) is 0 Å². The maximum atomic E-state index is 12.6. The molecule has 0 saturated carbocycles. The fraction of sp³-hybridized carbons (Fsp3) is 0.360. The second-order valence-electron chi connectivity index (χ2n) is 8.12. The largest absolute Gasteiger partial charge is 0.497 e. The van der Waals surface area contributed by atoms with Crippen LogP contribution < -0.4 is 15.4 Å². The molecule has 0 aliphatic carbocycles. The summed E-state index contributed by atoms with van der Waals surface area (Å²) in [4.78, 5) is 25.1. The van der Waals surface area contributed by atoms with Gasteiger partial charge in [-0.1, -0.05) is 37.7 Å². The highest BCUT2D eigenvalue weighted by atomic mass is 32.2. The van der Waals surface area contributed by atoms with Crippen LogP contribution in [0.4, 0.5) is 5.69 Å². The van der Waals surface area contributed by atoms with Crippen LogP contribution in [-0.2, 0) is 11.3 Å². The molecule has 34 heavy (non-hydrogen) atoms. The van der Waals surface area contributed by atoms with E-state index in [1.165, 1.54) is 17.3 Å². The van der Waals surface area contributed by atoms with Crippen LogP contribution in [0.15, 0.2) is 53.7 Å². The standard InChI is InChI=1S/C25H31N5O3S/c1-6-30-23(17(4)26-24(32)19-9-13-21(33-5)14-10-19)28-29-25(30)34-15-22(31)27-20-11-7-18(8-12-20)16(2)3/h7-14,16-17H,6,15H2,1-5H3,(H,26,32)(H,27,31). The highest BCUT2D eigenvalue weighted by Crippen LogP contribution is 2.22. The summed E-state index contributed by atoms with van der Waals surface area (Å²) in [7, 11) is 1.58. The van der Waals surface area contributed by atoms with E-state index in [1.54, 1.807) is 31.4 Å². The van der Waals surface area contributed by atoms with Gasteiger partial charge in [-0.3, -0.25) is 9.59 Å². The van der Waals surface area contributed by atoms with E-state index in [0.29, 0.717) is 34.8 Å². The lowest BCUT2D eigenvalue weighted by Crippen LogP contribution is -2.28.